The maximum atomic E-state index is 13.7. The Bertz CT molecular complexity index is 656. The van der Waals surface area contributed by atoms with E-state index in [0.717, 1.165) is 0 Å². The number of nitrogens with one attached hydrogen (secondary N) is 2. The van der Waals surface area contributed by atoms with Crippen LogP contribution in [0.15, 0.2) is 36.4 Å². The van der Waals surface area contributed by atoms with Gasteiger partial charge in [-0.1, -0.05) is 29.3 Å². The zero-order valence-corrected chi connectivity index (χ0v) is 12.7. The SMILES string of the molecule is CC(=O)Nc1ccc(Cl)c(NCc2c(F)cccc2Cl)c1. The van der Waals surface area contributed by atoms with Gasteiger partial charge in [0.15, 0.2) is 0 Å². The van der Waals surface area contributed by atoms with Gasteiger partial charge in [0.25, 0.3) is 0 Å². The van der Waals surface area contributed by atoms with Crippen molar-refractivity contribution < 1.29 is 9.18 Å². The Hall–Kier alpha value is -1.78. The van der Waals surface area contributed by atoms with E-state index in [2.05, 4.69) is 10.6 Å². The predicted octanol–water partition coefficient (Wildman–Crippen LogP) is 4.70. The van der Waals surface area contributed by atoms with Crippen LogP contribution in [-0.4, -0.2) is 5.91 Å². The summed E-state index contributed by atoms with van der Waals surface area (Å²) in [7, 11) is 0. The lowest BCUT2D eigenvalue weighted by Gasteiger charge is -2.12. The maximum Gasteiger partial charge on any atom is 0.221 e. The number of benzene rings is 2. The summed E-state index contributed by atoms with van der Waals surface area (Å²) in [6.45, 7) is 1.61. The number of carbonyl (C=O) groups is 1. The minimum absolute atomic E-state index is 0.180. The van der Waals surface area contributed by atoms with Gasteiger partial charge >= 0.3 is 0 Å². The summed E-state index contributed by atoms with van der Waals surface area (Å²) >= 11 is 12.0. The van der Waals surface area contributed by atoms with E-state index in [1.54, 1.807) is 30.3 Å². The molecule has 0 saturated heterocycles. The number of hydrogen-bond donors (Lipinski definition) is 2. The van der Waals surface area contributed by atoms with Crippen molar-refractivity contribution in [1.82, 2.24) is 0 Å². The second-order valence-corrected chi connectivity index (χ2v) is 5.24. The van der Waals surface area contributed by atoms with E-state index in [0.29, 0.717) is 27.0 Å². The molecule has 2 rings (SSSR count). The Morgan fingerprint density at radius 3 is 2.62 bits per heavy atom. The summed E-state index contributed by atoms with van der Waals surface area (Å²) in [5, 5.41) is 6.49. The fourth-order valence-electron chi connectivity index (χ4n) is 1.83. The van der Waals surface area contributed by atoms with Crippen LogP contribution < -0.4 is 10.6 Å². The molecule has 1 amide bonds. The van der Waals surface area contributed by atoms with E-state index in [-0.39, 0.29) is 18.3 Å². The van der Waals surface area contributed by atoms with Crippen molar-refractivity contribution in [1.29, 1.82) is 0 Å². The monoisotopic (exact) mass is 326 g/mol. The summed E-state index contributed by atoms with van der Waals surface area (Å²) in [5.74, 6) is -0.565. The molecule has 0 fully saturated rings. The summed E-state index contributed by atoms with van der Waals surface area (Å²) in [5.41, 5.74) is 1.55. The molecular weight excluding hydrogens is 314 g/mol. The van der Waals surface area contributed by atoms with Crippen molar-refractivity contribution in [2.75, 3.05) is 10.6 Å². The first kappa shape index (κ1) is 15.6. The highest BCUT2D eigenvalue weighted by Gasteiger charge is 2.08. The molecule has 2 aromatic carbocycles. The van der Waals surface area contributed by atoms with Crippen LogP contribution in [-0.2, 0) is 11.3 Å². The third kappa shape index (κ3) is 4.09. The number of anilines is 2. The first-order valence-corrected chi connectivity index (χ1v) is 6.97. The molecule has 6 heteroatoms. The van der Waals surface area contributed by atoms with E-state index in [4.69, 9.17) is 23.2 Å². The zero-order chi connectivity index (χ0) is 15.4. The average Bonchev–Trinajstić information content (AvgIpc) is 2.41. The van der Waals surface area contributed by atoms with Crippen molar-refractivity contribution in [3.8, 4) is 0 Å². The molecule has 21 heavy (non-hydrogen) atoms. The number of carbonyl (C=O) groups excluding carboxylic acids is 1. The average molecular weight is 327 g/mol. The predicted molar refractivity (Wildman–Crippen MR) is 84.5 cm³/mol. The minimum atomic E-state index is -0.385. The number of rotatable bonds is 4. The van der Waals surface area contributed by atoms with Crippen LogP contribution in [0.5, 0.6) is 0 Å². The summed E-state index contributed by atoms with van der Waals surface area (Å²) in [6, 6.07) is 9.53. The second-order valence-electron chi connectivity index (χ2n) is 4.43. The Kier molecular flexibility index (Phi) is 5.04. The second kappa shape index (κ2) is 6.78. The van der Waals surface area contributed by atoms with Gasteiger partial charge < -0.3 is 10.6 Å². The Labute approximate surface area is 132 Å². The molecule has 0 aliphatic carbocycles. The molecule has 0 unspecified atom stereocenters. The largest absolute Gasteiger partial charge is 0.380 e. The molecule has 0 aliphatic rings. The molecular formula is C15H13Cl2FN2O. The van der Waals surface area contributed by atoms with Crippen molar-refractivity contribution in [2.45, 2.75) is 13.5 Å². The highest BCUT2D eigenvalue weighted by molar-refractivity contribution is 6.33. The van der Waals surface area contributed by atoms with Gasteiger partial charge in [-0.15, -0.1) is 0 Å². The summed E-state index contributed by atoms with van der Waals surface area (Å²) in [6.07, 6.45) is 0. The van der Waals surface area contributed by atoms with Gasteiger partial charge in [0, 0.05) is 29.7 Å². The van der Waals surface area contributed by atoms with E-state index in [1.165, 1.54) is 13.0 Å². The van der Waals surface area contributed by atoms with Crippen LogP contribution in [0, 0.1) is 5.82 Å². The quantitative estimate of drug-likeness (QED) is 0.854. The van der Waals surface area contributed by atoms with E-state index in [9.17, 15) is 9.18 Å². The van der Waals surface area contributed by atoms with Crippen molar-refractivity contribution in [2.24, 2.45) is 0 Å². The summed E-state index contributed by atoms with van der Waals surface area (Å²) < 4.78 is 13.7. The topological polar surface area (TPSA) is 41.1 Å². The van der Waals surface area contributed by atoms with Gasteiger partial charge in [-0.05, 0) is 30.3 Å². The van der Waals surface area contributed by atoms with E-state index >= 15 is 0 Å². The van der Waals surface area contributed by atoms with Gasteiger partial charge in [0.2, 0.25) is 5.91 Å². The Morgan fingerprint density at radius 2 is 1.95 bits per heavy atom. The van der Waals surface area contributed by atoms with Crippen molar-refractivity contribution in [3.05, 3.63) is 57.8 Å². The smallest absolute Gasteiger partial charge is 0.221 e. The van der Waals surface area contributed by atoms with Gasteiger partial charge in [-0.3, -0.25) is 4.79 Å². The molecule has 0 aliphatic heterocycles. The standard InChI is InChI=1S/C15H13Cl2FN2O/c1-9(21)20-10-5-6-13(17)15(7-10)19-8-11-12(16)3-2-4-14(11)18/h2-7,19H,8H2,1H3,(H,20,21). The Balaban J connectivity index is 2.18. The van der Waals surface area contributed by atoms with Gasteiger partial charge in [-0.25, -0.2) is 4.39 Å². The van der Waals surface area contributed by atoms with Gasteiger partial charge in [-0.2, -0.15) is 0 Å². The van der Waals surface area contributed by atoms with Crippen LogP contribution in [0.25, 0.3) is 0 Å². The first-order chi connectivity index (χ1) is 9.97. The number of amides is 1. The third-order valence-corrected chi connectivity index (χ3v) is 3.49. The highest BCUT2D eigenvalue weighted by atomic mass is 35.5. The summed E-state index contributed by atoms with van der Waals surface area (Å²) in [4.78, 5) is 11.0. The van der Waals surface area contributed by atoms with E-state index < -0.39 is 0 Å². The fourth-order valence-corrected chi connectivity index (χ4v) is 2.24. The first-order valence-electron chi connectivity index (χ1n) is 6.21. The minimum Gasteiger partial charge on any atom is -0.380 e. The molecule has 0 bridgehead atoms. The lowest BCUT2D eigenvalue weighted by Crippen LogP contribution is -2.07. The van der Waals surface area contributed by atoms with Crippen LogP contribution in [0.4, 0.5) is 15.8 Å². The lowest BCUT2D eigenvalue weighted by atomic mass is 10.2. The van der Waals surface area contributed by atoms with Gasteiger partial charge in [0.05, 0.1) is 10.7 Å². The molecule has 0 heterocycles. The molecule has 0 spiro atoms. The maximum absolute atomic E-state index is 13.7. The molecule has 2 aromatic rings. The normalized spacial score (nSPS) is 10.3. The van der Waals surface area contributed by atoms with Crippen LogP contribution in [0.1, 0.15) is 12.5 Å². The van der Waals surface area contributed by atoms with Crippen LogP contribution in [0.2, 0.25) is 10.0 Å². The Morgan fingerprint density at radius 1 is 1.19 bits per heavy atom. The fraction of sp³-hybridized carbons (Fsp3) is 0.133. The molecule has 0 atom stereocenters. The van der Waals surface area contributed by atoms with Crippen LogP contribution in [0.3, 0.4) is 0 Å². The molecule has 2 N–H and O–H groups in total. The molecule has 0 radical (unpaired) electrons. The van der Waals surface area contributed by atoms with Crippen molar-refractivity contribution >= 4 is 40.5 Å². The third-order valence-electron chi connectivity index (χ3n) is 2.80. The van der Waals surface area contributed by atoms with E-state index in [1.807, 2.05) is 0 Å². The lowest BCUT2D eigenvalue weighted by molar-refractivity contribution is -0.114. The zero-order valence-electron chi connectivity index (χ0n) is 11.2. The molecule has 3 nitrogen and oxygen atoms in total. The number of halogens is 3. The molecule has 0 saturated carbocycles. The highest BCUT2D eigenvalue weighted by Crippen LogP contribution is 2.27. The van der Waals surface area contributed by atoms with Crippen LogP contribution >= 0.6 is 23.2 Å². The van der Waals surface area contributed by atoms with Crippen molar-refractivity contribution in [3.63, 3.8) is 0 Å². The number of hydrogen-bond acceptors (Lipinski definition) is 2. The molecule has 0 aromatic heterocycles. The molecule has 110 valence electrons. The van der Waals surface area contributed by atoms with Gasteiger partial charge in [0.1, 0.15) is 5.82 Å².